The molecule has 6 nitrogen and oxygen atoms in total. The van der Waals surface area contributed by atoms with E-state index in [-0.39, 0.29) is 11.9 Å². The molecule has 118 valence electrons. The lowest BCUT2D eigenvalue weighted by atomic mass is 10.1. The molecule has 1 amide bonds. The van der Waals surface area contributed by atoms with Gasteiger partial charge in [0.2, 0.25) is 5.88 Å². The van der Waals surface area contributed by atoms with Crippen LogP contribution in [0.2, 0.25) is 0 Å². The normalized spacial score (nSPS) is 11.0. The minimum absolute atomic E-state index is 0.198. The summed E-state index contributed by atoms with van der Waals surface area (Å²) in [5, 5.41) is 11.0. The van der Waals surface area contributed by atoms with Gasteiger partial charge in [-0.15, -0.1) is 0 Å². The van der Waals surface area contributed by atoms with Crippen molar-refractivity contribution in [3.05, 3.63) is 54.0 Å². The fraction of sp³-hybridized carbons (Fsp3) is 0.235. The van der Waals surface area contributed by atoms with Gasteiger partial charge in [0.05, 0.1) is 11.3 Å². The predicted octanol–water partition coefficient (Wildman–Crippen LogP) is 3.68. The highest BCUT2D eigenvalue weighted by atomic mass is 16.5. The number of carbonyl (C=O) groups is 1. The summed E-state index contributed by atoms with van der Waals surface area (Å²) in [4.78, 5) is 12.4. The molecule has 0 saturated heterocycles. The molecule has 0 unspecified atom stereocenters. The fourth-order valence-electron chi connectivity index (χ4n) is 2.31. The average Bonchev–Trinajstić information content (AvgIpc) is 3.16. The fourth-order valence-corrected chi connectivity index (χ4v) is 2.31. The van der Waals surface area contributed by atoms with Crippen LogP contribution in [0.5, 0.6) is 0 Å². The van der Waals surface area contributed by atoms with E-state index in [9.17, 15) is 4.79 Å². The Kier molecular flexibility index (Phi) is 3.97. The number of amides is 1. The lowest BCUT2D eigenvalue weighted by Crippen LogP contribution is -2.14. The van der Waals surface area contributed by atoms with Crippen molar-refractivity contribution in [3.63, 3.8) is 0 Å². The summed E-state index contributed by atoms with van der Waals surface area (Å²) in [5.41, 5.74) is 2.78. The first-order chi connectivity index (χ1) is 11.1. The van der Waals surface area contributed by atoms with Gasteiger partial charge in [0, 0.05) is 12.2 Å². The molecule has 2 heterocycles. The first kappa shape index (κ1) is 15.0. The van der Waals surface area contributed by atoms with Gasteiger partial charge in [0.15, 0.2) is 5.69 Å². The van der Waals surface area contributed by atoms with E-state index in [1.807, 2.05) is 51.1 Å². The number of rotatable bonds is 4. The quantitative estimate of drug-likeness (QED) is 0.798. The van der Waals surface area contributed by atoms with Gasteiger partial charge in [-0.1, -0.05) is 35.5 Å². The molecule has 0 atom stereocenters. The number of hydrogen-bond acceptors (Lipinski definition) is 4. The van der Waals surface area contributed by atoms with Gasteiger partial charge in [-0.2, -0.15) is 5.10 Å². The van der Waals surface area contributed by atoms with Crippen molar-refractivity contribution in [1.29, 1.82) is 0 Å². The van der Waals surface area contributed by atoms with E-state index >= 15 is 0 Å². The van der Waals surface area contributed by atoms with Gasteiger partial charge in [-0.05, 0) is 32.4 Å². The molecule has 0 aliphatic heterocycles. The molecular formula is C17H18N4O2. The van der Waals surface area contributed by atoms with E-state index in [1.165, 1.54) is 0 Å². The molecule has 0 radical (unpaired) electrons. The Morgan fingerprint density at radius 3 is 2.61 bits per heavy atom. The van der Waals surface area contributed by atoms with Gasteiger partial charge in [-0.25, -0.2) is 0 Å². The Morgan fingerprint density at radius 2 is 1.96 bits per heavy atom. The maximum absolute atomic E-state index is 12.4. The Bertz CT molecular complexity index is 818. The van der Waals surface area contributed by atoms with Crippen LogP contribution in [-0.4, -0.2) is 20.8 Å². The topological polar surface area (TPSA) is 73.0 Å². The molecule has 1 N–H and O–H groups in total. The molecule has 0 bridgehead atoms. The Labute approximate surface area is 134 Å². The van der Waals surface area contributed by atoms with Gasteiger partial charge in [0.25, 0.3) is 5.91 Å². The van der Waals surface area contributed by atoms with Crippen LogP contribution >= 0.6 is 0 Å². The molecule has 23 heavy (non-hydrogen) atoms. The maximum atomic E-state index is 12.4. The lowest BCUT2D eigenvalue weighted by molar-refractivity contribution is 0.101. The Balaban J connectivity index is 1.87. The van der Waals surface area contributed by atoms with Crippen molar-refractivity contribution in [2.75, 3.05) is 5.32 Å². The molecular weight excluding hydrogens is 292 g/mol. The lowest BCUT2D eigenvalue weighted by Gasteiger charge is -2.05. The van der Waals surface area contributed by atoms with Crippen molar-refractivity contribution < 1.29 is 9.32 Å². The first-order valence-electron chi connectivity index (χ1n) is 7.44. The third-order valence-corrected chi connectivity index (χ3v) is 3.52. The minimum Gasteiger partial charge on any atom is -0.337 e. The zero-order valence-corrected chi connectivity index (χ0v) is 13.3. The SMILES string of the molecule is Cc1noc(NC(=O)c2ccn(C(C)C)n2)c1-c1ccccc1. The number of carbonyl (C=O) groups excluding carboxylic acids is 1. The molecule has 0 saturated carbocycles. The van der Waals surface area contributed by atoms with Crippen molar-refractivity contribution in [2.24, 2.45) is 0 Å². The summed E-state index contributed by atoms with van der Waals surface area (Å²) < 4.78 is 7.01. The Morgan fingerprint density at radius 1 is 1.22 bits per heavy atom. The Hall–Kier alpha value is -2.89. The van der Waals surface area contributed by atoms with E-state index in [0.717, 1.165) is 16.8 Å². The number of nitrogens with zero attached hydrogens (tertiary/aromatic N) is 3. The highest BCUT2D eigenvalue weighted by Crippen LogP contribution is 2.31. The van der Waals surface area contributed by atoms with Crippen molar-refractivity contribution in [1.82, 2.24) is 14.9 Å². The van der Waals surface area contributed by atoms with E-state index < -0.39 is 0 Å². The molecule has 0 aliphatic rings. The van der Waals surface area contributed by atoms with Crippen LogP contribution < -0.4 is 5.32 Å². The van der Waals surface area contributed by atoms with E-state index in [4.69, 9.17) is 4.52 Å². The highest BCUT2D eigenvalue weighted by molar-refractivity contribution is 6.04. The van der Waals surface area contributed by atoms with Crippen LogP contribution in [0.1, 0.15) is 36.1 Å². The average molecular weight is 310 g/mol. The molecule has 3 rings (SSSR count). The van der Waals surface area contributed by atoms with Crippen LogP contribution in [0.15, 0.2) is 47.1 Å². The maximum Gasteiger partial charge on any atom is 0.278 e. The van der Waals surface area contributed by atoms with Gasteiger partial charge < -0.3 is 4.52 Å². The number of benzene rings is 1. The molecule has 2 aromatic heterocycles. The third-order valence-electron chi connectivity index (χ3n) is 3.52. The summed E-state index contributed by atoms with van der Waals surface area (Å²) >= 11 is 0. The van der Waals surface area contributed by atoms with E-state index in [1.54, 1.807) is 16.9 Å². The minimum atomic E-state index is -0.322. The zero-order chi connectivity index (χ0) is 16.4. The van der Waals surface area contributed by atoms with Crippen LogP contribution in [0, 0.1) is 6.92 Å². The zero-order valence-electron chi connectivity index (χ0n) is 13.3. The van der Waals surface area contributed by atoms with Crippen LogP contribution in [-0.2, 0) is 0 Å². The summed E-state index contributed by atoms with van der Waals surface area (Å²) in [6, 6.07) is 11.6. The number of nitrogens with one attached hydrogen (secondary N) is 1. The monoisotopic (exact) mass is 310 g/mol. The third kappa shape index (κ3) is 3.01. The first-order valence-corrected chi connectivity index (χ1v) is 7.44. The molecule has 0 aliphatic carbocycles. The second kappa shape index (κ2) is 6.08. The van der Waals surface area contributed by atoms with Gasteiger partial charge in [-0.3, -0.25) is 14.8 Å². The summed E-state index contributed by atoms with van der Waals surface area (Å²) in [6.45, 7) is 5.85. The summed E-state index contributed by atoms with van der Waals surface area (Å²) in [7, 11) is 0. The van der Waals surface area contributed by atoms with Crippen LogP contribution in [0.4, 0.5) is 5.88 Å². The number of aromatic nitrogens is 3. The molecule has 1 aromatic carbocycles. The summed E-state index contributed by atoms with van der Waals surface area (Å²) in [6.07, 6.45) is 1.78. The van der Waals surface area contributed by atoms with E-state index in [2.05, 4.69) is 15.6 Å². The second-order valence-electron chi connectivity index (χ2n) is 5.57. The smallest absolute Gasteiger partial charge is 0.278 e. The van der Waals surface area contributed by atoms with Crippen molar-refractivity contribution >= 4 is 11.8 Å². The van der Waals surface area contributed by atoms with Crippen molar-refractivity contribution in [2.45, 2.75) is 26.8 Å². The van der Waals surface area contributed by atoms with Crippen LogP contribution in [0.3, 0.4) is 0 Å². The van der Waals surface area contributed by atoms with Crippen LogP contribution in [0.25, 0.3) is 11.1 Å². The molecule has 0 spiro atoms. The molecule has 3 aromatic rings. The number of aryl methyl sites for hydroxylation is 1. The van der Waals surface area contributed by atoms with Gasteiger partial charge >= 0.3 is 0 Å². The number of hydrogen-bond donors (Lipinski definition) is 1. The largest absolute Gasteiger partial charge is 0.337 e. The van der Waals surface area contributed by atoms with Crippen molar-refractivity contribution in [3.8, 4) is 11.1 Å². The van der Waals surface area contributed by atoms with Gasteiger partial charge in [0.1, 0.15) is 0 Å². The second-order valence-corrected chi connectivity index (χ2v) is 5.57. The highest BCUT2D eigenvalue weighted by Gasteiger charge is 2.19. The number of anilines is 1. The van der Waals surface area contributed by atoms with E-state index in [0.29, 0.717) is 11.6 Å². The molecule has 0 fully saturated rings. The predicted molar refractivity (Wildman–Crippen MR) is 87.2 cm³/mol. The molecule has 6 heteroatoms. The standard InChI is InChI=1S/C17H18N4O2/c1-11(2)21-10-9-14(19-21)16(22)18-17-15(12(3)20-23-17)13-7-5-4-6-8-13/h4-11H,1-3H3,(H,18,22). The summed E-state index contributed by atoms with van der Waals surface area (Å²) in [5.74, 6) is 0.00975.